The minimum Gasteiger partial charge on any atom is -0.497 e. The van der Waals surface area contributed by atoms with Crippen LogP contribution in [0.1, 0.15) is 0 Å². The largest absolute Gasteiger partial charge is 0.497 e. The highest BCUT2D eigenvalue weighted by atomic mass is 32.2. The summed E-state index contributed by atoms with van der Waals surface area (Å²) >= 11 is 0. The Kier molecular flexibility index (Phi) is 2.67. The van der Waals surface area contributed by atoms with Crippen LogP contribution in [0.3, 0.4) is 0 Å². The molecule has 0 aromatic heterocycles. The number of hydrogen-bond acceptors (Lipinski definition) is 4. The molecule has 2 amide bonds. The average Bonchev–Trinajstić information content (AvgIpc) is 2.79. The highest BCUT2D eigenvalue weighted by Crippen LogP contribution is 2.30. The maximum Gasteiger partial charge on any atom is 0.322 e. The van der Waals surface area contributed by atoms with Crippen LogP contribution < -0.4 is 15.0 Å². The van der Waals surface area contributed by atoms with Crippen LogP contribution in [0.2, 0.25) is 0 Å². The Balaban J connectivity index is 1.92. The fraction of sp³-hybridized carbons (Fsp3) is 0.417. The van der Waals surface area contributed by atoms with Gasteiger partial charge in [-0.2, -0.15) is 0 Å². The molecule has 0 radical (unpaired) electrons. The van der Waals surface area contributed by atoms with Gasteiger partial charge in [-0.3, -0.25) is 4.90 Å². The molecule has 2 atom stereocenters. The Morgan fingerprint density at radius 1 is 1.26 bits per heavy atom. The van der Waals surface area contributed by atoms with Gasteiger partial charge in [0.15, 0.2) is 9.84 Å². The molecule has 0 saturated carbocycles. The second-order valence-corrected chi connectivity index (χ2v) is 6.92. The first-order valence-electron chi connectivity index (χ1n) is 5.94. The smallest absolute Gasteiger partial charge is 0.322 e. The van der Waals surface area contributed by atoms with Crippen LogP contribution in [-0.4, -0.2) is 45.1 Å². The van der Waals surface area contributed by atoms with E-state index in [1.165, 1.54) is 4.90 Å². The Morgan fingerprint density at radius 3 is 2.58 bits per heavy atom. The minimum atomic E-state index is -3.06. The zero-order chi connectivity index (χ0) is 13.6. The van der Waals surface area contributed by atoms with E-state index < -0.39 is 9.84 Å². The first kappa shape index (κ1) is 12.3. The van der Waals surface area contributed by atoms with Crippen LogP contribution in [0.4, 0.5) is 10.5 Å². The highest BCUT2D eigenvalue weighted by Gasteiger charge is 2.49. The third kappa shape index (κ3) is 2.03. The number of nitrogens with one attached hydrogen (secondary N) is 1. The molecule has 19 heavy (non-hydrogen) atoms. The van der Waals surface area contributed by atoms with Crippen LogP contribution in [0.15, 0.2) is 24.3 Å². The summed E-state index contributed by atoms with van der Waals surface area (Å²) in [6.07, 6.45) is 0. The van der Waals surface area contributed by atoms with Gasteiger partial charge in [0.1, 0.15) is 5.75 Å². The Morgan fingerprint density at radius 2 is 1.95 bits per heavy atom. The lowest BCUT2D eigenvalue weighted by Gasteiger charge is -2.21. The first-order valence-corrected chi connectivity index (χ1v) is 7.76. The summed E-state index contributed by atoms with van der Waals surface area (Å²) in [5, 5.41) is 2.73. The number of hydrogen-bond donors (Lipinski definition) is 1. The van der Waals surface area contributed by atoms with E-state index in [1.807, 2.05) is 0 Å². The Hall–Kier alpha value is -1.76. The summed E-state index contributed by atoms with van der Waals surface area (Å²) in [7, 11) is -1.50. The van der Waals surface area contributed by atoms with Gasteiger partial charge in [-0.25, -0.2) is 13.2 Å². The van der Waals surface area contributed by atoms with Crippen LogP contribution in [0, 0.1) is 0 Å². The van der Waals surface area contributed by atoms with Crippen molar-refractivity contribution in [1.29, 1.82) is 0 Å². The third-order valence-electron chi connectivity index (χ3n) is 3.53. The molecule has 7 heteroatoms. The van der Waals surface area contributed by atoms with Gasteiger partial charge in [0.05, 0.1) is 30.7 Å². The Labute approximate surface area is 111 Å². The number of carbonyl (C=O) groups is 1. The molecular formula is C12H14N2O4S. The molecule has 6 nitrogen and oxygen atoms in total. The molecule has 3 rings (SSSR count). The number of amides is 2. The van der Waals surface area contributed by atoms with Crippen LogP contribution in [0.5, 0.6) is 5.75 Å². The van der Waals surface area contributed by atoms with Crippen molar-refractivity contribution in [2.45, 2.75) is 12.1 Å². The van der Waals surface area contributed by atoms with Crippen molar-refractivity contribution < 1.29 is 17.9 Å². The molecular weight excluding hydrogens is 268 g/mol. The quantitative estimate of drug-likeness (QED) is 0.796. The van der Waals surface area contributed by atoms with E-state index in [0.29, 0.717) is 11.4 Å². The fourth-order valence-electron chi connectivity index (χ4n) is 2.65. The minimum absolute atomic E-state index is 0.0163. The molecule has 2 aliphatic rings. The zero-order valence-electron chi connectivity index (χ0n) is 10.4. The summed E-state index contributed by atoms with van der Waals surface area (Å²) in [6, 6.07) is 6.15. The van der Waals surface area contributed by atoms with Crippen molar-refractivity contribution in [2.24, 2.45) is 0 Å². The topological polar surface area (TPSA) is 75.7 Å². The van der Waals surface area contributed by atoms with Gasteiger partial charge in [0.25, 0.3) is 0 Å². The monoisotopic (exact) mass is 282 g/mol. The molecule has 0 unspecified atom stereocenters. The number of benzene rings is 1. The fourth-order valence-corrected chi connectivity index (χ4v) is 4.54. The summed E-state index contributed by atoms with van der Waals surface area (Å²) in [5.41, 5.74) is 0.683. The third-order valence-corrected chi connectivity index (χ3v) is 5.25. The normalized spacial score (nSPS) is 28.1. The predicted molar refractivity (Wildman–Crippen MR) is 70.2 cm³/mol. The van der Waals surface area contributed by atoms with Crippen molar-refractivity contribution in [3.8, 4) is 5.75 Å². The highest BCUT2D eigenvalue weighted by molar-refractivity contribution is 7.91. The number of fused-ring (bicyclic) bond motifs is 1. The SMILES string of the molecule is COc1ccc(N2C(=O)N[C@H]3CS(=O)(=O)C[C@H]32)cc1. The first-order chi connectivity index (χ1) is 9.00. The van der Waals surface area contributed by atoms with Crippen LogP contribution >= 0.6 is 0 Å². The number of urea groups is 1. The molecule has 2 heterocycles. The van der Waals surface area contributed by atoms with E-state index >= 15 is 0 Å². The summed E-state index contributed by atoms with van der Waals surface area (Å²) in [5.74, 6) is 0.734. The maximum atomic E-state index is 11.9. The summed E-state index contributed by atoms with van der Waals surface area (Å²) in [6.45, 7) is 0. The molecule has 1 aromatic rings. The second kappa shape index (κ2) is 4.12. The zero-order valence-corrected chi connectivity index (χ0v) is 11.2. The molecule has 1 N–H and O–H groups in total. The van der Waals surface area contributed by atoms with E-state index in [-0.39, 0.29) is 29.6 Å². The molecule has 0 bridgehead atoms. The molecule has 2 aliphatic heterocycles. The lowest BCUT2D eigenvalue weighted by atomic mass is 10.1. The molecule has 2 saturated heterocycles. The van der Waals surface area contributed by atoms with Crippen molar-refractivity contribution >= 4 is 21.6 Å². The number of sulfone groups is 1. The van der Waals surface area contributed by atoms with E-state index in [0.717, 1.165) is 0 Å². The Bertz CT molecular complexity index is 611. The standard InChI is InChI=1S/C12H14N2O4S/c1-18-9-4-2-8(3-5-9)14-11-7-19(16,17)6-10(11)13-12(14)15/h2-5,10-11H,6-7H2,1H3,(H,13,15)/t10-,11+/m0/s1. The average molecular weight is 282 g/mol. The number of ether oxygens (including phenoxy) is 1. The van der Waals surface area contributed by atoms with E-state index in [1.54, 1.807) is 31.4 Å². The molecule has 2 fully saturated rings. The van der Waals surface area contributed by atoms with E-state index in [2.05, 4.69) is 5.32 Å². The summed E-state index contributed by atoms with van der Waals surface area (Å²) < 4.78 is 28.3. The number of nitrogens with zero attached hydrogens (tertiary/aromatic N) is 1. The van der Waals surface area contributed by atoms with Gasteiger partial charge < -0.3 is 10.1 Å². The molecule has 102 valence electrons. The maximum absolute atomic E-state index is 11.9. The van der Waals surface area contributed by atoms with E-state index in [4.69, 9.17) is 4.74 Å². The molecule has 0 spiro atoms. The van der Waals surface area contributed by atoms with Crippen molar-refractivity contribution in [3.63, 3.8) is 0 Å². The van der Waals surface area contributed by atoms with Crippen molar-refractivity contribution in [1.82, 2.24) is 5.32 Å². The molecule has 1 aromatic carbocycles. The number of anilines is 1. The second-order valence-electron chi connectivity index (χ2n) is 4.77. The van der Waals surface area contributed by atoms with Gasteiger partial charge in [0, 0.05) is 5.69 Å². The van der Waals surface area contributed by atoms with Gasteiger partial charge in [-0.1, -0.05) is 0 Å². The summed E-state index contributed by atoms with van der Waals surface area (Å²) in [4.78, 5) is 13.5. The van der Waals surface area contributed by atoms with Crippen molar-refractivity contribution in [3.05, 3.63) is 24.3 Å². The van der Waals surface area contributed by atoms with E-state index in [9.17, 15) is 13.2 Å². The number of methoxy groups -OCH3 is 1. The lowest BCUT2D eigenvalue weighted by molar-refractivity contribution is 0.251. The van der Waals surface area contributed by atoms with Crippen molar-refractivity contribution in [2.75, 3.05) is 23.5 Å². The molecule has 0 aliphatic carbocycles. The van der Waals surface area contributed by atoms with Gasteiger partial charge >= 0.3 is 6.03 Å². The lowest BCUT2D eigenvalue weighted by Crippen LogP contribution is -2.36. The van der Waals surface area contributed by atoms with Crippen LogP contribution in [-0.2, 0) is 9.84 Å². The number of rotatable bonds is 2. The number of carbonyl (C=O) groups excluding carboxylic acids is 1. The predicted octanol–water partition coefficient (Wildman–Crippen LogP) is 0.390. The van der Waals surface area contributed by atoms with Gasteiger partial charge in [0.2, 0.25) is 0 Å². The van der Waals surface area contributed by atoms with Gasteiger partial charge in [-0.05, 0) is 24.3 Å². The van der Waals surface area contributed by atoms with Gasteiger partial charge in [-0.15, -0.1) is 0 Å². The van der Waals surface area contributed by atoms with Crippen LogP contribution in [0.25, 0.3) is 0 Å².